The minimum atomic E-state index is -0.571. The Balaban J connectivity index is 2.47. The molecule has 1 fully saturated rings. The number of rotatable bonds is 3. The van der Waals surface area contributed by atoms with Crippen molar-refractivity contribution in [2.75, 3.05) is 6.61 Å². The Bertz CT molecular complexity index is 199. The van der Waals surface area contributed by atoms with Crippen molar-refractivity contribution in [2.45, 2.75) is 71.5 Å². The highest BCUT2D eigenvalue weighted by atomic mass is 16.5. The Morgan fingerprint density at radius 2 is 1.80 bits per heavy atom. The lowest BCUT2D eigenvalue weighted by atomic mass is 9.84. The van der Waals surface area contributed by atoms with E-state index < -0.39 is 5.60 Å². The van der Waals surface area contributed by atoms with E-state index in [2.05, 4.69) is 13.8 Å². The molecular weight excluding hydrogens is 188 g/mol. The second kappa shape index (κ2) is 4.84. The van der Waals surface area contributed by atoms with Gasteiger partial charge < -0.3 is 9.84 Å². The van der Waals surface area contributed by atoms with Crippen molar-refractivity contribution >= 4 is 0 Å². The van der Waals surface area contributed by atoms with Gasteiger partial charge in [0, 0.05) is 0 Å². The number of aliphatic hydroxyl groups is 1. The summed E-state index contributed by atoms with van der Waals surface area (Å²) in [5.74, 6) is 0. The van der Waals surface area contributed by atoms with Crippen LogP contribution >= 0.6 is 0 Å². The van der Waals surface area contributed by atoms with Crippen LogP contribution in [-0.4, -0.2) is 23.4 Å². The lowest BCUT2D eigenvalue weighted by Gasteiger charge is -2.28. The summed E-state index contributed by atoms with van der Waals surface area (Å²) >= 11 is 0. The van der Waals surface area contributed by atoms with Gasteiger partial charge in [-0.25, -0.2) is 0 Å². The molecule has 15 heavy (non-hydrogen) atoms. The molecule has 0 bridgehead atoms. The SMILES string of the molecule is CC(C)OCC1(O)CCCC(C)(C)CC1. The second-order valence-electron chi connectivity index (χ2n) is 6.10. The highest BCUT2D eigenvalue weighted by Gasteiger charge is 2.34. The lowest BCUT2D eigenvalue weighted by molar-refractivity contribution is -0.0736. The maximum absolute atomic E-state index is 10.4. The standard InChI is InChI=1S/C13H26O2/c1-11(2)15-10-13(14)7-5-6-12(3,4)8-9-13/h11,14H,5-10H2,1-4H3. The first-order valence-electron chi connectivity index (χ1n) is 6.17. The van der Waals surface area contributed by atoms with Crippen molar-refractivity contribution in [2.24, 2.45) is 5.41 Å². The third-order valence-corrected chi connectivity index (χ3v) is 3.45. The predicted molar refractivity (Wildman–Crippen MR) is 62.9 cm³/mol. The van der Waals surface area contributed by atoms with Crippen molar-refractivity contribution in [3.05, 3.63) is 0 Å². The van der Waals surface area contributed by atoms with Gasteiger partial charge in [-0.05, 0) is 51.4 Å². The van der Waals surface area contributed by atoms with Gasteiger partial charge in [-0.15, -0.1) is 0 Å². The van der Waals surface area contributed by atoms with Crippen LogP contribution in [-0.2, 0) is 4.74 Å². The van der Waals surface area contributed by atoms with Crippen LogP contribution in [0.25, 0.3) is 0 Å². The van der Waals surface area contributed by atoms with Crippen LogP contribution in [0.3, 0.4) is 0 Å². The molecule has 0 aromatic rings. The van der Waals surface area contributed by atoms with Crippen LogP contribution in [0.15, 0.2) is 0 Å². The first-order chi connectivity index (χ1) is 6.83. The molecule has 1 N–H and O–H groups in total. The molecule has 0 heterocycles. The van der Waals surface area contributed by atoms with E-state index in [1.54, 1.807) is 0 Å². The van der Waals surface area contributed by atoms with Gasteiger partial charge in [-0.2, -0.15) is 0 Å². The van der Waals surface area contributed by atoms with E-state index in [0.29, 0.717) is 12.0 Å². The van der Waals surface area contributed by atoms with Gasteiger partial charge in [0.15, 0.2) is 0 Å². The monoisotopic (exact) mass is 214 g/mol. The Hall–Kier alpha value is -0.0800. The molecule has 1 aliphatic rings. The normalized spacial score (nSPS) is 31.6. The van der Waals surface area contributed by atoms with Gasteiger partial charge in [-0.1, -0.05) is 13.8 Å². The predicted octanol–water partition coefficient (Wildman–Crippen LogP) is 3.13. The quantitative estimate of drug-likeness (QED) is 0.731. The molecule has 2 heteroatoms. The van der Waals surface area contributed by atoms with E-state index in [0.717, 1.165) is 25.7 Å². The summed E-state index contributed by atoms with van der Waals surface area (Å²) in [6.45, 7) is 9.12. The summed E-state index contributed by atoms with van der Waals surface area (Å²) in [5, 5.41) is 10.4. The number of ether oxygens (including phenoxy) is 1. The topological polar surface area (TPSA) is 29.5 Å². The van der Waals surface area contributed by atoms with Gasteiger partial charge >= 0.3 is 0 Å². The van der Waals surface area contributed by atoms with Gasteiger partial charge in [0.2, 0.25) is 0 Å². The minimum absolute atomic E-state index is 0.213. The van der Waals surface area contributed by atoms with E-state index in [1.807, 2.05) is 13.8 Å². The summed E-state index contributed by atoms with van der Waals surface area (Å²) in [5.41, 5.74) is -0.180. The summed E-state index contributed by atoms with van der Waals surface area (Å²) < 4.78 is 5.56. The first kappa shape index (κ1) is 13.0. The minimum Gasteiger partial charge on any atom is -0.387 e. The average Bonchev–Trinajstić information content (AvgIpc) is 2.24. The summed E-state index contributed by atoms with van der Waals surface area (Å²) in [6, 6.07) is 0. The van der Waals surface area contributed by atoms with Crippen molar-refractivity contribution in [1.29, 1.82) is 0 Å². The Kier molecular flexibility index (Phi) is 4.19. The molecule has 1 unspecified atom stereocenters. The molecule has 0 aromatic heterocycles. The average molecular weight is 214 g/mol. The molecule has 0 aliphatic heterocycles. The highest BCUT2D eigenvalue weighted by Crippen LogP contribution is 2.38. The molecule has 0 radical (unpaired) electrons. The molecule has 2 nitrogen and oxygen atoms in total. The molecule has 1 saturated carbocycles. The molecule has 0 spiro atoms. The van der Waals surface area contributed by atoms with Crippen molar-refractivity contribution in [3.8, 4) is 0 Å². The van der Waals surface area contributed by atoms with Gasteiger partial charge in [0.05, 0.1) is 18.3 Å². The van der Waals surface area contributed by atoms with Crippen LogP contribution in [0.2, 0.25) is 0 Å². The van der Waals surface area contributed by atoms with Crippen LogP contribution in [0.5, 0.6) is 0 Å². The first-order valence-corrected chi connectivity index (χ1v) is 6.17. The molecule has 1 aliphatic carbocycles. The van der Waals surface area contributed by atoms with Crippen molar-refractivity contribution < 1.29 is 9.84 Å². The maximum Gasteiger partial charge on any atom is 0.0880 e. The zero-order chi connectivity index (χ0) is 11.5. The smallest absolute Gasteiger partial charge is 0.0880 e. The Morgan fingerprint density at radius 3 is 2.40 bits per heavy atom. The van der Waals surface area contributed by atoms with E-state index in [4.69, 9.17) is 4.74 Å². The van der Waals surface area contributed by atoms with Gasteiger partial charge in [-0.3, -0.25) is 0 Å². The lowest BCUT2D eigenvalue weighted by Crippen LogP contribution is -2.35. The molecular formula is C13H26O2. The van der Waals surface area contributed by atoms with E-state index in [1.165, 1.54) is 6.42 Å². The van der Waals surface area contributed by atoms with Crippen LogP contribution < -0.4 is 0 Å². The fourth-order valence-electron chi connectivity index (χ4n) is 2.18. The van der Waals surface area contributed by atoms with Crippen molar-refractivity contribution in [1.82, 2.24) is 0 Å². The van der Waals surface area contributed by atoms with Crippen LogP contribution in [0, 0.1) is 5.41 Å². The van der Waals surface area contributed by atoms with Gasteiger partial charge in [0.1, 0.15) is 0 Å². The zero-order valence-corrected chi connectivity index (χ0v) is 10.7. The van der Waals surface area contributed by atoms with Crippen molar-refractivity contribution in [3.63, 3.8) is 0 Å². The molecule has 0 amide bonds. The number of hydrogen-bond acceptors (Lipinski definition) is 2. The summed E-state index contributed by atoms with van der Waals surface area (Å²) in [7, 11) is 0. The molecule has 1 rings (SSSR count). The molecule has 90 valence electrons. The second-order valence-corrected chi connectivity index (χ2v) is 6.10. The number of hydrogen-bond donors (Lipinski definition) is 1. The summed E-state index contributed by atoms with van der Waals surface area (Å²) in [4.78, 5) is 0. The Labute approximate surface area is 94.0 Å². The van der Waals surface area contributed by atoms with E-state index in [-0.39, 0.29) is 6.10 Å². The fourth-order valence-corrected chi connectivity index (χ4v) is 2.18. The fraction of sp³-hybridized carbons (Fsp3) is 1.00. The van der Waals surface area contributed by atoms with Crippen LogP contribution in [0.1, 0.15) is 59.8 Å². The van der Waals surface area contributed by atoms with E-state index in [9.17, 15) is 5.11 Å². The largest absolute Gasteiger partial charge is 0.387 e. The molecule has 0 saturated heterocycles. The van der Waals surface area contributed by atoms with Crippen LogP contribution in [0.4, 0.5) is 0 Å². The van der Waals surface area contributed by atoms with Gasteiger partial charge in [0.25, 0.3) is 0 Å². The molecule has 0 aromatic carbocycles. The third-order valence-electron chi connectivity index (χ3n) is 3.45. The maximum atomic E-state index is 10.4. The van der Waals surface area contributed by atoms with E-state index >= 15 is 0 Å². The zero-order valence-electron chi connectivity index (χ0n) is 10.7. The third kappa shape index (κ3) is 4.52. The highest BCUT2D eigenvalue weighted by molar-refractivity contribution is 4.86. The molecule has 1 atom stereocenters. The Morgan fingerprint density at radius 1 is 1.13 bits per heavy atom. The summed E-state index contributed by atoms with van der Waals surface area (Å²) in [6.07, 6.45) is 5.42.